The molecule has 6 rings (SSSR count). The molecule has 0 radical (unpaired) electrons. The number of nitrogens with zero attached hydrogens (tertiary/aromatic N) is 4. The van der Waals surface area contributed by atoms with Gasteiger partial charge in [-0.3, -0.25) is 4.90 Å². The Kier molecular flexibility index (Phi) is 7.77. The normalized spacial score (nSPS) is 13.4. The molecule has 0 saturated carbocycles. The summed E-state index contributed by atoms with van der Waals surface area (Å²) in [6.45, 7) is 4.52. The van der Waals surface area contributed by atoms with Crippen molar-refractivity contribution in [2.45, 2.75) is 19.4 Å². The highest BCUT2D eigenvalue weighted by atomic mass is 16.5. The van der Waals surface area contributed by atoms with Crippen molar-refractivity contribution in [1.82, 2.24) is 19.5 Å². The van der Waals surface area contributed by atoms with Crippen LogP contribution in [0.2, 0.25) is 0 Å². The monoisotopic (exact) mass is 535 g/mol. The Bertz CT molecular complexity index is 1540. The highest BCUT2D eigenvalue weighted by molar-refractivity contribution is 5.66. The van der Waals surface area contributed by atoms with Crippen molar-refractivity contribution < 1.29 is 14.2 Å². The first-order valence-electron chi connectivity index (χ1n) is 13.7. The summed E-state index contributed by atoms with van der Waals surface area (Å²) in [6.07, 6.45) is 2.59. The topological polar surface area (TPSA) is 73.2 Å². The van der Waals surface area contributed by atoms with E-state index in [0.717, 1.165) is 51.9 Å². The van der Waals surface area contributed by atoms with Gasteiger partial charge in [-0.2, -0.15) is 4.98 Å². The summed E-state index contributed by atoms with van der Waals surface area (Å²) in [5.41, 5.74) is 4.64. The van der Waals surface area contributed by atoms with Gasteiger partial charge in [0.25, 0.3) is 0 Å². The molecule has 1 aliphatic rings. The van der Waals surface area contributed by atoms with Crippen LogP contribution in [0.25, 0.3) is 16.9 Å². The van der Waals surface area contributed by atoms with Crippen LogP contribution in [0.1, 0.15) is 18.4 Å². The summed E-state index contributed by atoms with van der Waals surface area (Å²) in [5, 5.41) is 8.06. The van der Waals surface area contributed by atoms with Crippen LogP contribution in [0.5, 0.6) is 17.2 Å². The predicted octanol–water partition coefficient (Wildman–Crippen LogP) is 6.20. The standard InChI is InChI=1S/C32H33N5O3/c1-38-27-14-10-24(11-15-27)23-40-29-7-4-6-25(22-29)30-8-5-9-31-34-32(35-37(30)31)33-26-12-16-28(17-13-26)39-21-20-36-18-2-3-19-36/h4-17,22H,2-3,18-21,23H2,1H3,(H,33,35). The fourth-order valence-electron chi connectivity index (χ4n) is 4.87. The van der Waals surface area contributed by atoms with E-state index in [-0.39, 0.29) is 0 Å². The molecule has 8 nitrogen and oxygen atoms in total. The van der Waals surface area contributed by atoms with E-state index in [1.807, 2.05) is 95.5 Å². The minimum atomic E-state index is 0.470. The summed E-state index contributed by atoms with van der Waals surface area (Å²) in [4.78, 5) is 7.13. The lowest BCUT2D eigenvalue weighted by atomic mass is 10.1. The number of benzene rings is 3. The van der Waals surface area contributed by atoms with E-state index in [9.17, 15) is 0 Å². The first-order chi connectivity index (χ1) is 19.7. The molecule has 40 heavy (non-hydrogen) atoms. The number of hydrogen-bond acceptors (Lipinski definition) is 7. The van der Waals surface area contributed by atoms with Gasteiger partial charge in [0.05, 0.1) is 12.8 Å². The largest absolute Gasteiger partial charge is 0.497 e. The summed E-state index contributed by atoms with van der Waals surface area (Å²) in [5.74, 6) is 3.01. The van der Waals surface area contributed by atoms with Gasteiger partial charge < -0.3 is 19.5 Å². The maximum atomic E-state index is 6.07. The van der Waals surface area contributed by atoms with E-state index < -0.39 is 0 Å². The van der Waals surface area contributed by atoms with Crippen LogP contribution in [0.4, 0.5) is 11.6 Å². The Labute approximate surface area is 234 Å². The number of rotatable bonds is 11. The molecule has 0 atom stereocenters. The fraction of sp³-hybridized carbons (Fsp3) is 0.250. The van der Waals surface area contributed by atoms with Gasteiger partial charge in [-0.15, -0.1) is 5.10 Å². The van der Waals surface area contributed by atoms with Crippen molar-refractivity contribution in [3.05, 3.63) is 96.6 Å². The van der Waals surface area contributed by atoms with Crippen molar-refractivity contribution >= 4 is 17.3 Å². The lowest BCUT2D eigenvalue weighted by Crippen LogP contribution is -2.25. The number of pyridine rings is 1. The predicted molar refractivity (Wildman–Crippen MR) is 157 cm³/mol. The first-order valence-corrected chi connectivity index (χ1v) is 13.7. The number of ether oxygens (including phenoxy) is 3. The molecule has 8 heteroatoms. The summed E-state index contributed by atoms with van der Waals surface area (Å²) in [7, 11) is 1.66. The molecule has 3 aromatic carbocycles. The van der Waals surface area contributed by atoms with Crippen LogP contribution < -0.4 is 19.5 Å². The van der Waals surface area contributed by atoms with Crippen molar-refractivity contribution in [2.75, 3.05) is 38.7 Å². The van der Waals surface area contributed by atoms with Gasteiger partial charge >= 0.3 is 0 Å². The number of hydrogen-bond donors (Lipinski definition) is 1. The molecule has 5 aromatic rings. The summed E-state index contributed by atoms with van der Waals surface area (Å²) in [6, 6.07) is 29.8. The molecule has 0 aliphatic carbocycles. The number of anilines is 2. The number of fused-ring (bicyclic) bond motifs is 1. The van der Waals surface area contributed by atoms with E-state index in [1.54, 1.807) is 7.11 Å². The molecular formula is C32H33N5O3. The Morgan fingerprint density at radius 3 is 2.38 bits per heavy atom. The maximum Gasteiger partial charge on any atom is 0.247 e. The molecule has 0 unspecified atom stereocenters. The fourth-order valence-corrected chi connectivity index (χ4v) is 4.87. The molecule has 1 N–H and O–H groups in total. The van der Waals surface area contributed by atoms with Crippen LogP contribution in [-0.2, 0) is 6.61 Å². The van der Waals surface area contributed by atoms with E-state index >= 15 is 0 Å². The summed E-state index contributed by atoms with van der Waals surface area (Å²) >= 11 is 0. The molecule has 0 bridgehead atoms. The second-order valence-electron chi connectivity index (χ2n) is 9.83. The third-order valence-corrected chi connectivity index (χ3v) is 7.04. The Morgan fingerprint density at radius 1 is 0.800 bits per heavy atom. The minimum absolute atomic E-state index is 0.470. The zero-order valence-electron chi connectivity index (χ0n) is 22.6. The number of likely N-dealkylation sites (tertiary alicyclic amines) is 1. The van der Waals surface area contributed by atoms with Crippen molar-refractivity contribution in [3.63, 3.8) is 0 Å². The maximum absolute atomic E-state index is 6.07. The Balaban J connectivity index is 1.11. The summed E-state index contributed by atoms with van der Waals surface area (Å²) < 4.78 is 19.1. The Hall–Kier alpha value is -4.56. The van der Waals surface area contributed by atoms with E-state index in [4.69, 9.17) is 19.3 Å². The lowest BCUT2D eigenvalue weighted by molar-refractivity contribution is 0.238. The van der Waals surface area contributed by atoms with Crippen molar-refractivity contribution in [1.29, 1.82) is 0 Å². The number of aromatic nitrogens is 3. The van der Waals surface area contributed by atoms with Gasteiger partial charge in [0.2, 0.25) is 5.95 Å². The second-order valence-corrected chi connectivity index (χ2v) is 9.83. The van der Waals surface area contributed by atoms with Crippen molar-refractivity contribution in [3.8, 4) is 28.5 Å². The SMILES string of the molecule is COc1ccc(COc2cccc(-c3cccc4nc(Nc5ccc(OCCN6CCCC6)cc5)nn34)c2)cc1. The highest BCUT2D eigenvalue weighted by Crippen LogP contribution is 2.26. The van der Waals surface area contributed by atoms with Gasteiger partial charge in [-0.1, -0.05) is 30.3 Å². The van der Waals surface area contributed by atoms with Crippen LogP contribution in [-0.4, -0.2) is 52.8 Å². The molecular weight excluding hydrogens is 502 g/mol. The molecule has 204 valence electrons. The Morgan fingerprint density at radius 2 is 1.57 bits per heavy atom. The third-order valence-electron chi connectivity index (χ3n) is 7.04. The lowest BCUT2D eigenvalue weighted by Gasteiger charge is -2.15. The molecule has 0 spiro atoms. The van der Waals surface area contributed by atoms with E-state index in [0.29, 0.717) is 19.2 Å². The van der Waals surface area contributed by atoms with E-state index in [1.165, 1.54) is 25.9 Å². The molecule has 1 fully saturated rings. The molecule has 3 heterocycles. The number of nitrogens with one attached hydrogen (secondary N) is 1. The van der Waals surface area contributed by atoms with Gasteiger partial charge in [0.1, 0.15) is 30.5 Å². The highest BCUT2D eigenvalue weighted by Gasteiger charge is 2.12. The van der Waals surface area contributed by atoms with Crippen LogP contribution >= 0.6 is 0 Å². The zero-order chi connectivity index (χ0) is 27.1. The quantitative estimate of drug-likeness (QED) is 0.216. The first kappa shape index (κ1) is 25.7. The van der Waals surface area contributed by atoms with Crippen LogP contribution in [0.3, 0.4) is 0 Å². The zero-order valence-corrected chi connectivity index (χ0v) is 22.6. The van der Waals surface area contributed by atoms with E-state index in [2.05, 4.69) is 15.2 Å². The molecule has 0 amide bonds. The third kappa shape index (κ3) is 6.18. The average molecular weight is 536 g/mol. The second kappa shape index (κ2) is 12.1. The van der Waals surface area contributed by atoms with Crippen molar-refractivity contribution in [2.24, 2.45) is 0 Å². The average Bonchev–Trinajstić information content (AvgIpc) is 3.67. The van der Waals surface area contributed by atoms with Gasteiger partial charge in [0.15, 0.2) is 5.65 Å². The smallest absolute Gasteiger partial charge is 0.247 e. The van der Waals surface area contributed by atoms with Gasteiger partial charge in [0, 0.05) is 17.8 Å². The van der Waals surface area contributed by atoms with Gasteiger partial charge in [-0.25, -0.2) is 4.52 Å². The molecule has 2 aromatic heterocycles. The minimum Gasteiger partial charge on any atom is -0.497 e. The molecule has 1 aliphatic heterocycles. The molecule has 1 saturated heterocycles. The van der Waals surface area contributed by atoms with Gasteiger partial charge in [-0.05, 0) is 92.2 Å². The van der Waals surface area contributed by atoms with Crippen LogP contribution in [0.15, 0.2) is 91.0 Å². The number of methoxy groups -OCH3 is 1. The van der Waals surface area contributed by atoms with Crippen LogP contribution in [0, 0.1) is 0 Å².